The van der Waals surface area contributed by atoms with Crippen LogP contribution in [0.25, 0.3) is 0 Å². The zero-order valence-corrected chi connectivity index (χ0v) is 7.61. The topological polar surface area (TPSA) is 63.2 Å². The third kappa shape index (κ3) is 2.58. The van der Waals surface area contributed by atoms with Gasteiger partial charge in [0.15, 0.2) is 0 Å². The number of hydrogen-bond donors (Lipinski definition) is 1. The van der Waals surface area contributed by atoms with Gasteiger partial charge in [-0.2, -0.15) is 0 Å². The second kappa shape index (κ2) is 3.95. The van der Waals surface area contributed by atoms with Crippen LogP contribution in [0.15, 0.2) is 12.7 Å². The Morgan fingerprint density at radius 2 is 1.92 bits per heavy atom. The van der Waals surface area contributed by atoms with Crippen molar-refractivity contribution in [2.45, 2.75) is 12.2 Å². The molecule has 5 nitrogen and oxygen atoms in total. The molecule has 0 amide bonds. The summed E-state index contributed by atoms with van der Waals surface area (Å²) in [5, 5.41) is 3.43. The van der Waals surface area contributed by atoms with E-state index in [1.807, 2.05) is 0 Å². The molecular weight excluding hydrogens is 192 g/mol. The molecule has 0 aromatic carbocycles. The number of nitrogens with one attached hydrogen (secondary N) is 1. The summed E-state index contributed by atoms with van der Waals surface area (Å²) in [6, 6.07) is 0. The van der Waals surface area contributed by atoms with E-state index in [-0.39, 0.29) is 5.28 Å². The number of nitrogens with zero attached hydrogens (tertiary/aromatic N) is 3. The molecule has 2 aliphatic heterocycles. The Labute approximate surface area is 80.5 Å². The van der Waals surface area contributed by atoms with Crippen molar-refractivity contribution >= 4 is 11.6 Å². The fourth-order valence-corrected chi connectivity index (χ4v) is 1.22. The average molecular weight is 201 g/mol. The maximum absolute atomic E-state index is 5.28. The van der Waals surface area contributed by atoms with E-state index < -0.39 is 0 Å². The van der Waals surface area contributed by atoms with Gasteiger partial charge in [0.05, 0.1) is 12.2 Å². The summed E-state index contributed by atoms with van der Waals surface area (Å²) in [6.45, 7) is 2.18. The molecule has 1 aromatic rings. The van der Waals surface area contributed by atoms with Crippen LogP contribution in [0.2, 0.25) is 5.28 Å². The fourth-order valence-electron chi connectivity index (χ4n) is 1.13. The van der Waals surface area contributed by atoms with Crippen molar-refractivity contribution in [1.29, 1.82) is 0 Å². The first-order chi connectivity index (χ1) is 6.36. The van der Waals surface area contributed by atoms with Crippen LogP contribution in [0.3, 0.4) is 0 Å². The lowest BCUT2D eigenvalue weighted by Crippen LogP contribution is -2.13. The van der Waals surface area contributed by atoms with Gasteiger partial charge >= 0.3 is 0 Å². The van der Waals surface area contributed by atoms with Gasteiger partial charge in [-0.25, -0.2) is 15.0 Å². The number of aromatic nitrogens is 3. The summed E-state index contributed by atoms with van der Waals surface area (Å²) in [4.78, 5) is 10.6. The van der Waals surface area contributed by atoms with Gasteiger partial charge in [-0.05, 0) is 11.6 Å². The van der Waals surface area contributed by atoms with Crippen molar-refractivity contribution in [3.05, 3.63) is 17.9 Å². The third-order valence-electron chi connectivity index (χ3n) is 1.84. The minimum atomic E-state index is 0.231. The molecule has 0 spiro atoms. The Bertz CT molecular complexity index is 262. The van der Waals surface area contributed by atoms with Crippen LogP contribution < -0.4 is 5.32 Å². The predicted octanol–water partition coefficient (Wildman–Crippen LogP) is -0.118. The number of hydrogen-bond acceptors (Lipinski definition) is 5. The van der Waals surface area contributed by atoms with E-state index in [0.717, 1.165) is 13.1 Å². The Balaban J connectivity index is 0.000000101. The predicted molar refractivity (Wildman–Crippen MR) is 46.4 cm³/mol. The van der Waals surface area contributed by atoms with E-state index >= 15 is 0 Å². The van der Waals surface area contributed by atoms with Gasteiger partial charge in [-0.3, -0.25) is 0 Å². The van der Waals surface area contributed by atoms with Gasteiger partial charge in [0.25, 0.3) is 0 Å². The molecule has 2 atom stereocenters. The molecule has 2 saturated heterocycles. The molecule has 2 fully saturated rings. The van der Waals surface area contributed by atoms with Gasteiger partial charge in [0, 0.05) is 13.1 Å². The zero-order valence-electron chi connectivity index (χ0n) is 6.85. The van der Waals surface area contributed by atoms with E-state index in [9.17, 15) is 0 Å². The smallest absolute Gasteiger partial charge is 0.225 e. The van der Waals surface area contributed by atoms with Crippen molar-refractivity contribution in [3.63, 3.8) is 0 Å². The molecule has 70 valence electrons. The molecule has 3 heterocycles. The van der Waals surface area contributed by atoms with Gasteiger partial charge in [-0.15, -0.1) is 0 Å². The van der Waals surface area contributed by atoms with E-state index in [0.29, 0.717) is 12.2 Å². The first-order valence-corrected chi connectivity index (χ1v) is 4.38. The average Bonchev–Trinajstić information content (AvgIpc) is 2.76. The highest BCUT2D eigenvalue weighted by Gasteiger charge is 2.42. The van der Waals surface area contributed by atoms with Gasteiger partial charge < -0.3 is 10.1 Å². The number of fused-ring (bicyclic) bond motifs is 1. The molecule has 2 unspecified atom stereocenters. The minimum Gasteiger partial charge on any atom is -0.367 e. The standard InChI is InChI=1S/C4H7NO.C3H2ClN3/c1-3-4(6-3)2-5-1;4-3-6-1-5-2-7-3/h3-5H,1-2H2;1-2H. The monoisotopic (exact) mass is 200 g/mol. The Morgan fingerprint density at radius 3 is 2.15 bits per heavy atom. The lowest BCUT2D eigenvalue weighted by Gasteiger charge is -1.87. The van der Waals surface area contributed by atoms with Crippen LogP contribution in [-0.2, 0) is 4.74 Å². The van der Waals surface area contributed by atoms with Crippen LogP contribution in [-0.4, -0.2) is 40.2 Å². The number of rotatable bonds is 0. The highest BCUT2D eigenvalue weighted by atomic mass is 35.5. The molecule has 0 bridgehead atoms. The molecule has 6 heteroatoms. The van der Waals surface area contributed by atoms with Crippen LogP contribution >= 0.6 is 11.6 Å². The van der Waals surface area contributed by atoms with Crippen LogP contribution in [0.4, 0.5) is 0 Å². The quantitative estimate of drug-likeness (QED) is 0.592. The molecule has 0 saturated carbocycles. The van der Waals surface area contributed by atoms with Crippen LogP contribution in [0.1, 0.15) is 0 Å². The number of morpholine rings is 1. The van der Waals surface area contributed by atoms with Crippen molar-refractivity contribution in [2.24, 2.45) is 0 Å². The Kier molecular flexibility index (Phi) is 2.68. The van der Waals surface area contributed by atoms with Crippen molar-refractivity contribution in [2.75, 3.05) is 13.1 Å². The second-order valence-electron chi connectivity index (χ2n) is 2.78. The molecule has 1 aromatic heterocycles. The molecule has 0 radical (unpaired) electrons. The van der Waals surface area contributed by atoms with E-state index in [2.05, 4.69) is 20.3 Å². The van der Waals surface area contributed by atoms with E-state index in [1.54, 1.807) is 0 Å². The second-order valence-corrected chi connectivity index (χ2v) is 3.12. The van der Waals surface area contributed by atoms with Gasteiger partial charge in [0.1, 0.15) is 12.7 Å². The summed E-state index contributed by atoms with van der Waals surface area (Å²) < 4.78 is 5.09. The van der Waals surface area contributed by atoms with Crippen molar-refractivity contribution in [1.82, 2.24) is 20.3 Å². The maximum Gasteiger partial charge on any atom is 0.225 e. The molecule has 13 heavy (non-hydrogen) atoms. The fraction of sp³-hybridized carbons (Fsp3) is 0.571. The molecule has 2 aliphatic rings. The molecular formula is C7H9ClN4O. The van der Waals surface area contributed by atoms with Crippen LogP contribution in [0.5, 0.6) is 0 Å². The molecule has 0 aliphatic carbocycles. The lowest BCUT2D eigenvalue weighted by atomic mass is 10.4. The van der Waals surface area contributed by atoms with E-state index in [4.69, 9.17) is 16.3 Å². The summed E-state index contributed by atoms with van der Waals surface area (Å²) >= 11 is 5.28. The number of ether oxygens (including phenoxy) is 1. The maximum atomic E-state index is 5.28. The molecule has 3 rings (SSSR count). The molecule has 1 N–H and O–H groups in total. The Morgan fingerprint density at radius 1 is 1.31 bits per heavy atom. The van der Waals surface area contributed by atoms with Crippen molar-refractivity contribution in [3.8, 4) is 0 Å². The van der Waals surface area contributed by atoms with Crippen LogP contribution in [0, 0.1) is 0 Å². The highest BCUT2D eigenvalue weighted by molar-refractivity contribution is 6.28. The van der Waals surface area contributed by atoms with E-state index in [1.165, 1.54) is 12.7 Å². The van der Waals surface area contributed by atoms with Gasteiger partial charge in [-0.1, -0.05) is 0 Å². The SMILES string of the molecule is C1NCC2OC12.Clc1ncncn1. The lowest BCUT2D eigenvalue weighted by molar-refractivity contribution is 0.331. The minimum absolute atomic E-state index is 0.231. The normalized spacial score (nSPS) is 28.7. The first-order valence-electron chi connectivity index (χ1n) is 4.00. The number of halogens is 1. The summed E-state index contributed by atoms with van der Waals surface area (Å²) in [7, 11) is 0. The summed E-state index contributed by atoms with van der Waals surface area (Å²) in [5.74, 6) is 0. The summed E-state index contributed by atoms with van der Waals surface area (Å²) in [5.41, 5.74) is 0. The highest BCUT2D eigenvalue weighted by Crippen LogP contribution is 2.24. The van der Waals surface area contributed by atoms with Crippen molar-refractivity contribution < 1.29 is 4.74 Å². The van der Waals surface area contributed by atoms with Gasteiger partial charge in [0.2, 0.25) is 5.28 Å². The number of epoxide rings is 1. The first kappa shape index (κ1) is 8.80. The summed E-state index contributed by atoms with van der Waals surface area (Å²) in [6.07, 6.45) is 3.89. The Hall–Kier alpha value is -0.780. The zero-order chi connectivity index (χ0) is 9.10. The third-order valence-corrected chi connectivity index (χ3v) is 2.04. The largest absolute Gasteiger partial charge is 0.367 e.